The lowest BCUT2D eigenvalue weighted by Crippen LogP contribution is -2.21. The number of benzene rings is 2. The number of esters is 1. The number of ether oxygens (including phenoxy) is 2. The summed E-state index contributed by atoms with van der Waals surface area (Å²) in [7, 11) is 3.25. The Morgan fingerprint density at radius 3 is 2.51 bits per heavy atom. The fourth-order valence-electron chi connectivity index (χ4n) is 3.68. The molecule has 2 heterocycles. The number of hydrogen-bond acceptors (Lipinski definition) is 7. The van der Waals surface area contributed by atoms with Crippen molar-refractivity contribution in [2.45, 2.75) is 26.9 Å². The summed E-state index contributed by atoms with van der Waals surface area (Å²) in [5.74, 6) is -0.204. The zero-order valence-corrected chi connectivity index (χ0v) is 21.9. The Labute approximate surface area is 218 Å². The van der Waals surface area contributed by atoms with Crippen molar-refractivity contribution in [2.75, 3.05) is 26.0 Å². The lowest BCUT2D eigenvalue weighted by Gasteiger charge is -2.09. The van der Waals surface area contributed by atoms with Gasteiger partial charge in [0.25, 0.3) is 11.8 Å². The van der Waals surface area contributed by atoms with Crippen molar-refractivity contribution in [2.24, 2.45) is 0 Å². The number of furan rings is 1. The molecule has 0 unspecified atom stereocenters. The molecule has 0 aliphatic heterocycles. The van der Waals surface area contributed by atoms with Gasteiger partial charge in [0.1, 0.15) is 23.1 Å². The molecule has 0 saturated carbocycles. The maximum Gasteiger partial charge on any atom is 0.341 e. The molecule has 2 amide bonds. The SMILES string of the molecule is CCCOC(=O)c1c(NC(=O)c2ccc(COc3ccc4ccccc4c3)o2)sc(C(=O)N(C)C)c1C. The molecule has 4 rings (SSSR count). The van der Waals surface area contributed by atoms with Crippen LogP contribution in [0, 0.1) is 6.92 Å². The standard InChI is InChI=1S/C28H28N2O6S/c1-5-14-34-28(33)23-17(2)24(27(32)30(3)4)37-26(23)29-25(31)22-13-12-21(36-22)16-35-20-11-10-18-8-6-7-9-19(18)15-20/h6-13,15H,5,14,16H2,1-4H3,(H,29,31). The predicted octanol–water partition coefficient (Wildman–Crippen LogP) is 5.90. The fourth-order valence-corrected chi connectivity index (χ4v) is 4.89. The maximum atomic E-state index is 13.0. The average Bonchev–Trinajstić information content (AvgIpc) is 3.50. The van der Waals surface area contributed by atoms with Crippen LogP contribution in [-0.2, 0) is 11.3 Å². The molecule has 8 nitrogen and oxygen atoms in total. The van der Waals surface area contributed by atoms with Crippen LogP contribution in [0.2, 0.25) is 0 Å². The summed E-state index contributed by atoms with van der Waals surface area (Å²) < 4.78 is 16.8. The molecule has 4 aromatic rings. The van der Waals surface area contributed by atoms with Crippen molar-refractivity contribution in [3.8, 4) is 5.75 Å². The Balaban J connectivity index is 1.49. The van der Waals surface area contributed by atoms with E-state index in [9.17, 15) is 14.4 Å². The van der Waals surface area contributed by atoms with Crippen LogP contribution < -0.4 is 10.1 Å². The van der Waals surface area contributed by atoms with Crippen molar-refractivity contribution in [1.82, 2.24) is 4.90 Å². The third-order valence-corrected chi connectivity index (χ3v) is 6.80. The zero-order valence-electron chi connectivity index (χ0n) is 21.1. The van der Waals surface area contributed by atoms with E-state index in [1.807, 2.05) is 49.4 Å². The van der Waals surface area contributed by atoms with Gasteiger partial charge in [0.15, 0.2) is 5.76 Å². The third-order valence-electron chi connectivity index (χ3n) is 5.60. The average molecular weight is 521 g/mol. The second kappa shape index (κ2) is 11.3. The summed E-state index contributed by atoms with van der Waals surface area (Å²) in [6.45, 7) is 3.92. The molecule has 2 aromatic heterocycles. The van der Waals surface area contributed by atoms with Gasteiger partial charge in [-0.3, -0.25) is 9.59 Å². The number of nitrogens with one attached hydrogen (secondary N) is 1. The zero-order chi connectivity index (χ0) is 26.5. The van der Waals surface area contributed by atoms with Crippen molar-refractivity contribution in [1.29, 1.82) is 0 Å². The molecule has 192 valence electrons. The normalized spacial score (nSPS) is 10.8. The molecule has 0 fully saturated rings. The van der Waals surface area contributed by atoms with Gasteiger partial charge < -0.3 is 24.1 Å². The Bertz CT molecular complexity index is 1450. The molecule has 0 aliphatic carbocycles. The first kappa shape index (κ1) is 26.0. The van der Waals surface area contributed by atoms with E-state index in [0.29, 0.717) is 28.4 Å². The molecule has 37 heavy (non-hydrogen) atoms. The highest BCUT2D eigenvalue weighted by molar-refractivity contribution is 7.18. The first-order valence-corrected chi connectivity index (χ1v) is 12.6. The molecule has 0 atom stereocenters. The third kappa shape index (κ3) is 5.83. The van der Waals surface area contributed by atoms with E-state index in [4.69, 9.17) is 13.9 Å². The van der Waals surface area contributed by atoms with E-state index < -0.39 is 11.9 Å². The molecule has 0 bridgehead atoms. The Hall–Kier alpha value is -4.11. The molecule has 1 N–H and O–H groups in total. The summed E-state index contributed by atoms with van der Waals surface area (Å²) in [5, 5.41) is 5.13. The van der Waals surface area contributed by atoms with Crippen molar-refractivity contribution >= 4 is 44.9 Å². The van der Waals surface area contributed by atoms with Gasteiger partial charge in [0.2, 0.25) is 0 Å². The number of thiophene rings is 1. The summed E-state index contributed by atoms with van der Waals surface area (Å²) in [6, 6.07) is 17.0. The molecular formula is C28H28N2O6S. The first-order valence-electron chi connectivity index (χ1n) is 11.8. The van der Waals surface area contributed by atoms with E-state index in [2.05, 4.69) is 5.32 Å². The lowest BCUT2D eigenvalue weighted by atomic mass is 10.1. The van der Waals surface area contributed by atoms with Crippen LogP contribution in [0.25, 0.3) is 10.8 Å². The maximum absolute atomic E-state index is 13.0. The summed E-state index contributed by atoms with van der Waals surface area (Å²) in [6.07, 6.45) is 0.649. The minimum Gasteiger partial charge on any atom is -0.486 e. The number of amides is 2. The van der Waals surface area contributed by atoms with E-state index in [0.717, 1.165) is 22.1 Å². The quantitative estimate of drug-likeness (QED) is 0.276. The highest BCUT2D eigenvalue weighted by Gasteiger charge is 2.28. The number of anilines is 1. The number of fused-ring (bicyclic) bond motifs is 1. The molecule has 2 aromatic carbocycles. The van der Waals surface area contributed by atoms with Crippen molar-refractivity contribution < 1.29 is 28.3 Å². The Kier molecular flexibility index (Phi) is 7.93. The summed E-state index contributed by atoms with van der Waals surface area (Å²) in [4.78, 5) is 40.1. The highest BCUT2D eigenvalue weighted by atomic mass is 32.1. The van der Waals surface area contributed by atoms with Gasteiger partial charge in [-0.25, -0.2) is 4.79 Å². The summed E-state index contributed by atoms with van der Waals surface area (Å²) >= 11 is 1.03. The second-order valence-corrected chi connectivity index (χ2v) is 9.63. The number of hydrogen-bond donors (Lipinski definition) is 1. The molecule has 0 radical (unpaired) electrons. The largest absolute Gasteiger partial charge is 0.486 e. The van der Waals surface area contributed by atoms with Gasteiger partial charge in [-0.15, -0.1) is 11.3 Å². The summed E-state index contributed by atoms with van der Waals surface area (Å²) in [5.41, 5.74) is 0.632. The van der Waals surface area contributed by atoms with Gasteiger partial charge >= 0.3 is 5.97 Å². The molecule has 0 spiro atoms. The molecule has 9 heteroatoms. The van der Waals surface area contributed by atoms with E-state index in [1.165, 1.54) is 11.0 Å². The monoisotopic (exact) mass is 520 g/mol. The van der Waals surface area contributed by atoms with Crippen LogP contribution >= 0.6 is 11.3 Å². The van der Waals surface area contributed by atoms with Gasteiger partial charge in [-0.1, -0.05) is 37.3 Å². The Morgan fingerprint density at radius 2 is 1.78 bits per heavy atom. The minimum atomic E-state index is -0.590. The van der Waals surface area contributed by atoms with Gasteiger partial charge in [-0.05, 0) is 53.9 Å². The lowest BCUT2D eigenvalue weighted by molar-refractivity contribution is 0.0506. The van der Waals surface area contributed by atoms with Crippen LogP contribution in [0.4, 0.5) is 5.00 Å². The van der Waals surface area contributed by atoms with Gasteiger partial charge in [0, 0.05) is 14.1 Å². The van der Waals surface area contributed by atoms with Crippen LogP contribution in [0.3, 0.4) is 0 Å². The topological polar surface area (TPSA) is 98.1 Å². The number of rotatable bonds is 9. The van der Waals surface area contributed by atoms with Crippen molar-refractivity contribution in [3.05, 3.63) is 82.1 Å². The molecule has 0 aliphatic rings. The molecule has 0 saturated heterocycles. The van der Waals surface area contributed by atoms with Crippen molar-refractivity contribution in [3.63, 3.8) is 0 Å². The van der Waals surface area contributed by atoms with Gasteiger partial charge in [-0.2, -0.15) is 0 Å². The fraction of sp³-hybridized carbons (Fsp3) is 0.250. The van der Waals surface area contributed by atoms with Crippen LogP contribution in [0.1, 0.15) is 55.3 Å². The second-order valence-electron chi connectivity index (χ2n) is 8.61. The number of nitrogens with zero attached hydrogens (tertiary/aromatic N) is 1. The predicted molar refractivity (Wildman–Crippen MR) is 143 cm³/mol. The highest BCUT2D eigenvalue weighted by Crippen LogP contribution is 2.35. The van der Waals surface area contributed by atoms with Crippen LogP contribution in [-0.4, -0.2) is 43.4 Å². The first-order chi connectivity index (χ1) is 17.8. The molecular weight excluding hydrogens is 492 g/mol. The Morgan fingerprint density at radius 1 is 1.03 bits per heavy atom. The van der Waals surface area contributed by atoms with Gasteiger partial charge in [0.05, 0.1) is 17.0 Å². The van der Waals surface area contributed by atoms with Crippen LogP contribution in [0.15, 0.2) is 59.0 Å². The minimum absolute atomic E-state index is 0.0523. The number of carbonyl (C=O) groups excluding carboxylic acids is 3. The number of carbonyl (C=O) groups is 3. The van der Waals surface area contributed by atoms with E-state index >= 15 is 0 Å². The van der Waals surface area contributed by atoms with E-state index in [-0.39, 0.29) is 35.4 Å². The smallest absolute Gasteiger partial charge is 0.341 e. The van der Waals surface area contributed by atoms with Crippen LogP contribution in [0.5, 0.6) is 5.75 Å². The van der Waals surface area contributed by atoms with E-state index in [1.54, 1.807) is 27.1 Å².